The van der Waals surface area contributed by atoms with Gasteiger partial charge in [0.1, 0.15) is 0 Å². The van der Waals surface area contributed by atoms with E-state index in [4.69, 9.17) is 0 Å². The summed E-state index contributed by atoms with van der Waals surface area (Å²) in [6.45, 7) is 2.05. The molecule has 3 nitrogen and oxygen atoms in total. The van der Waals surface area contributed by atoms with E-state index in [1.165, 1.54) is 6.07 Å². The van der Waals surface area contributed by atoms with Crippen LogP contribution in [0.25, 0.3) is 16.9 Å². The van der Waals surface area contributed by atoms with Crippen LogP contribution in [0.15, 0.2) is 42.6 Å². The van der Waals surface area contributed by atoms with E-state index in [2.05, 4.69) is 17.0 Å². The molecule has 0 aliphatic rings. The second-order valence-electron chi connectivity index (χ2n) is 5.07. The molecule has 6 heteroatoms. The van der Waals surface area contributed by atoms with Crippen LogP contribution in [0.1, 0.15) is 24.6 Å². The van der Waals surface area contributed by atoms with E-state index in [0.717, 1.165) is 30.7 Å². The minimum atomic E-state index is -4.36. The molecule has 0 aliphatic carbocycles. The number of benzene rings is 1. The molecule has 0 N–H and O–H groups in total. The fourth-order valence-electron chi connectivity index (χ4n) is 2.36. The highest BCUT2D eigenvalue weighted by Gasteiger charge is 2.30. The Labute approximate surface area is 125 Å². The van der Waals surface area contributed by atoms with Gasteiger partial charge >= 0.3 is 6.18 Å². The number of halogens is 3. The first-order chi connectivity index (χ1) is 10.5. The monoisotopic (exact) mass is 305 g/mol. The first kappa shape index (κ1) is 14.6. The number of aryl methyl sites for hydroxylation is 1. The lowest BCUT2D eigenvalue weighted by Crippen LogP contribution is -2.05. The van der Waals surface area contributed by atoms with Gasteiger partial charge in [-0.15, -0.1) is 0 Å². The predicted octanol–water partition coefficient (Wildman–Crippen LogP) is 4.37. The van der Waals surface area contributed by atoms with Gasteiger partial charge in [-0.25, -0.2) is 9.50 Å². The molecule has 3 rings (SSSR count). The van der Waals surface area contributed by atoms with Gasteiger partial charge in [0, 0.05) is 5.56 Å². The standard InChI is InChI=1S/C16H14F3N3/c1-2-4-13-10-20-15-8-7-14(21-22(13)15)11-5-3-6-12(9-11)16(17,18)19/h3,5-10H,2,4H2,1H3. The maximum Gasteiger partial charge on any atom is 0.416 e. The maximum absolute atomic E-state index is 12.8. The van der Waals surface area contributed by atoms with E-state index >= 15 is 0 Å². The highest BCUT2D eigenvalue weighted by molar-refractivity contribution is 5.61. The summed E-state index contributed by atoms with van der Waals surface area (Å²) in [6, 6.07) is 8.65. The number of hydrogen-bond acceptors (Lipinski definition) is 2. The van der Waals surface area contributed by atoms with Crippen molar-refractivity contribution in [1.29, 1.82) is 0 Å². The van der Waals surface area contributed by atoms with Gasteiger partial charge in [-0.3, -0.25) is 0 Å². The quantitative estimate of drug-likeness (QED) is 0.719. The Morgan fingerprint density at radius 3 is 2.68 bits per heavy atom. The van der Waals surface area contributed by atoms with Crippen LogP contribution in [0.3, 0.4) is 0 Å². The average molecular weight is 305 g/mol. The molecule has 22 heavy (non-hydrogen) atoms. The SMILES string of the molecule is CCCc1cnc2ccc(-c3cccc(C(F)(F)F)c3)nn12. The number of hydrogen-bond donors (Lipinski definition) is 0. The summed E-state index contributed by atoms with van der Waals surface area (Å²) in [4.78, 5) is 4.25. The lowest BCUT2D eigenvalue weighted by molar-refractivity contribution is -0.137. The number of rotatable bonds is 3. The van der Waals surface area contributed by atoms with E-state index < -0.39 is 11.7 Å². The average Bonchev–Trinajstić information content (AvgIpc) is 2.89. The summed E-state index contributed by atoms with van der Waals surface area (Å²) in [6.07, 6.45) is -0.840. The van der Waals surface area contributed by atoms with Crippen molar-refractivity contribution in [3.63, 3.8) is 0 Å². The molecule has 0 fully saturated rings. The number of aromatic nitrogens is 3. The van der Waals surface area contributed by atoms with Crippen molar-refractivity contribution in [2.45, 2.75) is 25.9 Å². The smallest absolute Gasteiger partial charge is 0.235 e. The van der Waals surface area contributed by atoms with Gasteiger partial charge in [-0.05, 0) is 30.7 Å². The molecule has 0 aliphatic heterocycles. The van der Waals surface area contributed by atoms with Crippen LogP contribution in [0, 0.1) is 0 Å². The van der Waals surface area contributed by atoms with E-state index in [0.29, 0.717) is 16.9 Å². The summed E-state index contributed by atoms with van der Waals surface area (Å²) in [5.74, 6) is 0. The maximum atomic E-state index is 12.8. The third kappa shape index (κ3) is 2.68. The molecule has 0 saturated heterocycles. The van der Waals surface area contributed by atoms with Crippen LogP contribution in [-0.4, -0.2) is 14.6 Å². The molecule has 2 heterocycles. The van der Waals surface area contributed by atoms with Gasteiger partial charge in [-0.1, -0.05) is 25.5 Å². The molecule has 114 valence electrons. The number of alkyl halides is 3. The van der Waals surface area contributed by atoms with Crippen molar-refractivity contribution < 1.29 is 13.2 Å². The summed E-state index contributed by atoms with van der Waals surface area (Å²) < 4.78 is 40.1. The fraction of sp³-hybridized carbons (Fsp3) is 0.250. The molecule has 3 aromatic rings. The zero-order chi connectivity index (χ0) is 15.7. The highest BCUT2D eigenvalue weighted by Crippen LogP contribution is 2.31. The zero-order valence-electron chi connectivity index (χ0n) is 11.9. The number of fused-ring (bicyclic) bond motifs is 1. The van der Waals surface area contributed by atoms with Crippen LogP contribution in [0.5, 0.6) is 0 Å². The first-order valence-corrected chi connectivity index (χ1v) is 7.00. The molecule has 0 saturated carbocycles. The topological polar surface area (TPSA) is 30.2 Å². The van der Waals surface area contributed by atoms with E-state index in [-0.39, 0.29) is 0 Å². The highest BCUT2D eigenvalue weighted by atomic mass is 19.4. The van der Waals surface area contributed by atoms with Gasteiger partial charge < -0.3 is 0 Å². The Balaban J connectivity index is 2.08. The molecule has 2 aromatic heterocycles. The van der Waals surface area contributed by atoms with Crippen LogP contribution < -0.4 is 0 Å². The summed E-state index contributed by atoms with van der Waals surface area (Å²) in [7, 11) is 0. The number of imidazole rings is 1. The molecule has 0 bridgehead atoms. The molecule has 0 unspecified atom stereocenters. The lowest BCUT2D eigenvalue weighted by atomic mass is 10.1. The molecule has 0 spiro atoms. The molecule has 0 radical (unpaired) electrons. The van der Waals surface area contributed by atoms with Crippen molar-refractivity contribution in [2.24, 2.45) is 0 Å². The normalized spacial score (nSPS) is 12.0. The van der Waals surface area contributed by atoms with Gasteiger partial charge in [0.15, 0.2) is 5.65 Å². The van der Waals surface area contributed by atoms with Gasteiger partial charge in [0.2, 0.25) is 0 Å². The lowest BCUT2D eigenvalue weighted by Gasteiger charge is -2.09. The number of nitrogens with zero attached hydrogens (tertiary/aromatic N) is 3. The van der Waals surface area contributed by atoms with Crippen LogP contribution in [0.2, 0.25) is 0 Å². The van der Waals surface area contributed by atoms with Gasteiger partial charge in [-0.2, -0.15) is 18.3 Å². The summed E-state index contributed by atoms with van der Waals surface area (Å²) >= 11 is 0. The summed E-state index contributed by atoms with van der Waals surface area (Å²) in [5, 5.41) is 4.43. The predicted molar refractivity (Wildman–Crippen MR) is 77.4 cm³/mol. The van der Waals surface area contributed by atoms with Crippen molar-refractivity contribution in [3.05, 3.63) is 53.9 Å². The molecule has 0 amide bonds. The van der Waals surface area contributed by atoms with E-state index in [1.807, 2.05) is 0 Å². The van der Waals surface area contributed by atoms with Crippen molar-refractivity contribution in [2.75, 3.05) is 0 Å². The van der Waals surface area contributed by atoms with Crippen LogP contribution >= 0.6 is 0 Å². The second-order valence-corrected chi connectivity index (χ2v) is 5.07. The Morgan fingerprint density at radius 2 is 1.95 bits per heavy atom. The Kier molecular flexibility index (Phi) is 3.60. The summed E-state index contributed by atoms with van der Waals surface area (Å²) in [5.41, 5.74) is 1.90. The van der Waals surface area contributed by atoms with Crippen molar-refractivity contribution in [3.8, 4) is 11.3 Å². The fourth-order valence-corrected chi connectivity index (χ4v) is 2.36. The van der Waals surface area contributed by atoms with E-state index in [1.54, 1.807) is 28.9 Å². The first-order valence-electron chi connectivity index (χ1n) is 7.00. The zero-order valence-corrected chi connectivity index (χ0v) is 11.9. The molecule has 1 aromatic carbocycles. The Bertz CT molecular complexity index is 806. The third-order valence-electron chi connectivity index (χ3n) is 3.42. The van der Waals surface area contributed by atoms with Crippen molar-refractivity contribution >= 4 is 5.65 Å². The Hall–Kier alpha value is -2.37. The van der Waals surface area contributed by atoms with Gasteiger partial charge in [0.05, 0.1) is 23.1 Å². The van der Waals surface area contributed by atoms with Crippen LogP contribution in [0.4, 0.5) is 13.2 Å². The minimum absolute atomic E-state index is 0.438. The van der Waals surface area contributed by atoms with E-state index in [9.17, 15) is 13.2 Å². The molecular weight excluding hydrogens is 291 g/mol. The van der Waals surface area contributed by atoms with Crippen LogP contribution in [-0.2, 0) is 12.6 Å². The molecule has 0 atom stereocenters. The van der Waals surface area contributed by atoms with Crippen molar-refractivity contribution in [1.82, 2.24) is 14.6 Å². The minimum Gasteiger partial charge on any atom is -0.235 e. The largest absolute Gasteiger partial charge is 0.416 e. The van der Waals surface area contributed by atoms with Gasteiger partial charge in [0.25, 0.3) is 0 Å². The Morgan fingerprint density at radius 1 is 1.14 bits per heavy atom. The third-order valence-corrected chi connectivity index (χ3v) is 3.42. The molecular formula is C16H14F3N3. The second kappa shape index (κ2) is 5.44.